The average Bonchev–Trinajstić information content (AvgIpc) is 3.46. The first-order valence-electron chi connectivity index (χ1n) is 14.4. The van der Waals surface area contributed by atoms with Crippen LogP contribution in [-0.2, 0) is 20.7 Å². The molecule has 0 radical (unpaired) electrons. The predicted octanol–water partition coefficient (Wildman–Crippen LogP) is 6.64. The zero-order valence-corrected chi connectivity index (χ0v) is 24.2. The fraction of sp³-hybridized carbons (Fsp3) is 0.270. The molecule has 1 aliphatic carbocycles. The van der Waals surface area contributed by atoms with Gasteiger partial charge in [0.05, 0.1) is 13.2 Å². The van der Waals surface area contributed by atoms with Crippen LogP contribution in [0.25, 0.3) is 11.1 Å². The topological polar surface area (TPSA) is 72.5 Å². The van der Waals surface area contributed by atoms with Gasteiger partial charge in [-0.25, -0.2) is 0 Å². The van der Waals surface area contributed by atoms with Crippen LogP contribution < -0.4 is 5.32 Å². The maximum absolute atomic E-state index is 15.0. The van der Waals surface area contributed by atoms with Crippen LogP contribution in [0, 0.1) is 16.7 Å². The van der Waals surface area contributed by atoms with Crippen molar-refractivity contribution in [3.63, 3.8) is 0 Å². The molecule has 0 bridgehead atoms. The summed E-state index contributed by atoms with van der Waals surface area (Å²) < 4.78 is 5.50. The average molecular weight is 558 g/mol. The van der Waals surface area contributed by atoms with E-state index < -0.39 is 34.3 Å². The second-order valence-corrected chi connectivity index (χ2v) is 12.3. The Bertz CT molecular complexity index is 1620. The molecule has 5 nitrogen and oxygen atoms in total. The number of ether oxygens (including phenoxy) is 1. The van der Waals surface area contributed by atoms with E-state index in [4.69, 9.17) is 4.74 Å². The normalized spacial score (nSPS) is 26.0. The number of ketones is 2. The molecular weight excluding hydrogens is 522 g/mol. The smallest absolute Gasteiger partial charge is 0.326 e. The van der Waals surface area contributed by atoms with Crippen LogP contribution in [0.3, 0.4) is 0 Å². The number of methoxy groups -OCH3 is 1. The highest BCUT2D eigenvalue weighted by Gasteiger charge is 2.78. The van der Waals surface area contributed by atoms with Gasteiger partial charge in [-0.05, 0) is 27.7 Å². The van der Waals surface area contributed by atoms with Crippen molar-refractivity contribution in [3.8, 4) is 11.1 Å². The Kier molecular flexibility index (Phi) is 6.94. The number of rotatable bonds is 7. The summed E-state index contributed by atoms with van der Waals surface area (Å²) in [6.45, 7) is 4.00. The highest BCUT2D eigenvalue weighted by molar-refractivity contribution is 6.18. The van der Waals surface area contributed by atoms with E-state index in [1.54, 1.807) is 0 Å². The molecule has 4 atom stereocenters. The van der Waals surface area contributed by atoms with Crippen LogP contribution >= 0.6 is 0 Å². The second-order valence-electron chi connectivity index (χ2n) is 12.3. The number of hydrogen-bond acceptors (Lipinski definition) is 5. The number of esters is 1. The predicted molar refractivity (Wildman–Crippen MR) is 163 cm³/mol. The van der Waals surface area contributed by atoms with E-state index in [1.807, 2.05) is 129 Å². The van der Waals surface area contributed by atoms with Crippen LogP contribution in [0.2, 0.25) is 0 Å². The van der Waals surface area contributed by atoms with Crippen molar-refractivity contribution in [2.45, 2.75) is 38.3 Å². The number of benzene rings is 4. The van der Waals surface area contributed by atoms with Gasteiger partial charge in [0.2, 0.25) is 0 Å². The number of Topliss-reactive ketones (excluding diaryl/α,β-unsaturated/α-hetero) is 2. The standard InChI is InChI=1S/C37H35NO4/c1-35(2)24-30(39)37(32(40)29-21-19-27(20-22-29)26-15-9-5-10-16-26)31(28-17-11-6-12-18-28)38-36(33(35)37,34(41)42-3)23-25-13-7-4-8-14-25/h4-22,31,33,38H,23-24H2,1-3H3/t31-,33?,36-,37+/m0/s1. The minimum atomic E-state index is -1.51. The fourth-order valence-electron chi connectivity index (χ4n) is 7.84. The molecule has 1 unspecified atom stereocenters. The van der Waals surface area contributed by atoms with Gasteiger partial charge in [-0.1, -0.05) is 129 Å². The van der Waals surface area contributed by atoms with Crippen molar-refractivity contribution in [2.75, 3.05) is 7.11 Å². The fourth-order valence-corrected chi connectivity index (χ4v) is 7.84. The number of hydrogen-bond donors (Lipinski definition) is 1. The first-order valence-corrected chi connectivity index (χ1v) is 14.4. The summed E-state index contributed by atoms with van der Waals surface area (Å²) in [6.07, 6.45) is 0.469. The monoisotopic (exact) mass is 557 g/mol. The van der Waals surface area contributed by atoms with Gasteiger partial charge in [-0.3, -0.25) is 19.7 Å². The quantitative estimate of drug-likeness (QED) is 0.157. The number of nitrogens with one attached hydrogen (secondary N) is 1. The molecule has 1 aliphatic heterocycles. The second kappa shape index (κ2) is 10.5. The van der Waals surface area contributed by atoms with E-state index in [2.05, 4.69) is 5.32 Å². The van der Waals surface area contributed by atoms with Gasteiger partial charge in [0.1, 0.15) is 16.7 Å². The summed E-state index contributed by atoms with van der Waals surface area (Å²) in [4.78, 5) is 43.6. The third-order valence-electron chi connectivity index (χ3n) is 9.30. The number of carbonyl (C=O) groups is 3. The molecule has 0 amide bonds. The first kappa shape index (κ1) is 27.8. The Balaban J connectivity index is 1.56. The molecule has 0 aromatic heterocycles. The molecule has 1 heterocycles. The minimum absolute atomic E-state index is 0.144. The third-order valence-corrected chi connectivity index (χ3v) is 9.30. The summed E-state index contributed by atoms with van der Waals surface area (Å²) >= 11 is 0. The molecule has 42 heavy (non-hydrogen) atoms. The van der Waals surface area contributed by atoms with Crippen molar-refractivity contribution in [1.29, 1.82) is 0 Å². The molecular formula is C37H35NO4. The van der Waals surface area contributed by atoms with Crippen LogP contribution in [0.4, 0.5) is 0 Å². The third kappa shape index (κ3) is 4.23. The SMILES string of the molecule is COC(=O)[C@@]1(Cc2ccccc2)N[C@@H](c2ccccc2)[C@@]2(C(=O)c3ccc(-c4ccccc4)cc3)C(=O)CC(C)(C)C21. The van der Waals surface area contributed by atoms with Gasteiger partial charge in [0.25, 0.3) is 0 Å². The summed E-state index contributed by atoms with van der Waals surface area (Å²) in [5.41, 5.74) is 0.701. The Labute approximate surface area is 246 Å². The lowest BCUT2D eigenvalue weighted by Crippen LogP contribution is -2.58. The zero-order valence-electron chi connectivity index (χ0n) is 24.2. The van der Waals surface area contributed by atoms with Crippen LogP contribution in [0.15, 0.2) is 115 Å². The van der Waals surface area contributed by atoms with Crippen LogP contribution in [0.1, 0.15) is 47.8 Å². The van der Waals surface area contributed by atoms with E-state index in [0.717, 1.165) is 22.3 Å². The van der Waals surface area contributed by atoms with Gasteiger partial charge in [0.15, 0.2) is 5.78 Å². The van der Waals surface area contributed by atoms with Crippen molar-refractivity contribution < 1.29 is 19.1 Å². The zero-order chi connectivity index (χ0) is 29.5. The van der Waals surface area contributed by atoms with Crippen molar-refractivity contribution in [1.82, 2.24) is 5.32 Å². The number of fused-ring (bicyclic) bond motifs is 1. The molecule has 6 rings (SSSR count). The lowest BCUT2D eigenvalue weighted by molar-refractivity contribution is -0.152. The van der Waals surface area contributed by atoms with E-state index in [0.29, 0.717) is 5.56 Å². The van der Waals surface area contributed by atoms with Crippen molar-refractivity contribution >= 4 is 17.5 Å². The van der Waals surface area contributed by atoms with Crippen molar-refractivity contribution in [2.24, 2.45) is 16.7 Å². The Morgan fingerprint density at radius 1 is 0.786 bits per heavy atom. The number of carbonyl (C=O) groups excluding carboxylic acids is 3. The summed E-state index contributed by atoms with van der Waals surface area (Å²) in [5, 5.41) is 3.62. The molecule has 4 aromatic carbocycles. The Morgan fingerprint density at radius 3 is 1.93 bits per heavy atom. The van der Waals surface area contributed by atoms with Gasteiger partial charge in [0, 0.05) is 24.3 Å². The maximum Gasteiger partial charge on any atom is 0.326 e. The van der Waals surface area contributed by atoms with E-state index in [1.165, 1.54) is 7.11 Å². The highest BCUT2D eigenvalue weighted by atomic mass is 16.5. The maximum atomic E-state index is 15.0. The molecule has 1 saturated heterocycles. The van der Waals surface area contributed by atoms with Gasteiger partial charge in [-0.2, -0.15) is 0 Å². The molecule has 2 aliphatic rings. The van der Waals surface area contributed by atoms with E-state index >= 15 is 4.79 Å². The summed E-state index contributed by atoms with van der Waals surface area (Å²) in [7, 11) is 1.38. The Hall–Kier alpha value is -4.35. The lowest BCUT2D eigenvalue weighted by Gasteiger charge is -2.41. The van der Waals surface area contributed by atoms with Crippen LogP contribution in [0.5, 0.6) is 0 Å². The van der Waals surface area contributed by atoms with Crippen molar-refractivity contribution in [3.05, 3.63) is 132 Å². The Morgan fingerprint density at radius 2 is 1.33 bits per heavy atom. The van der Waals surface area contributed by atoms with Gasteiger partial charge < -0.3 is 4.74 Å². The molecule has 0 spiro atoms. The summed E-state index contributed by atoms with van der Waals surface area (Å²) in [5.74, 6) is -1.53. The first-order chi connectivity index (χ1) is 20.2. The van der Waals surface area contributed by atoms with Crippen LogP contribution in [-0.4, -0.2) is 30.2 Å². The molecule has 2 fully saturated rings. The summed E-state index contributed by atoms with van der Waals surface area (Å²) in [6, 6.07) is 36.0. The van der Waals surface area contributed by atoms with E-state index in [9.17, 15) is 9.59 Å². The van der Waals surface area contributed by atoms with E-state index in [-0.39, 0.29) is 24.4 Å². The molecule has 4 aromatic rings. The van der Waals surface area contributed by atoms with Gasteiger partial charge >= 0.3 is 5.97 Å². The lowest BCUT2D eigenvalue weighted by atomic mass is 9.58. The molecule has 1 saturated carbocycles. The molecule has 5 heteroatoms. The highest BCUT2D eigenvalue weighted by Crippen LogP contribution is 2.67. The van der Waals surface area contributed by atoms with Gasteiger partial charge in [-0.15, -0.1) is 0 Å². The molecule has 1 N–H and O–H groups in total. The minimum Gasteiger partial charge on any atom is -0.468 e. The largest absolute Gasteiger partial charge is 0.468 e. The molecule has 212 valence electrons.